The molecule has 0 aromatic heterocycles. The van der Waals surface area contributed by atoms with Crippen LogP contribution in [0.2, 0.25) is 0 Å². The molecule has 2 aromatic rings. The van der Waals surface area contributed by atoms with Crippen LogP contribution in [0, 0.1) is 0 Å². The van der Waals surface area contributed by atoms with Crippen molar-refractivity contribution in [2.45, 2.75) is 51.4 Å². The van der Waals surface area contributed by atoms with Crippen LogP contribution in [-0.4, -0.2) is 32.8 Å². The van der Waals surface area contributed by atoms with Crippen LogP contribution in [0.25, 0.3) is 0 Å². The average molecular weight is 442 g/mol. The Kier molecular flexibility index (Phi) is 8.23. The minimum absolute atomic E-state index is 0.298. The first-order valence-electron chi connectivity index (χ1n) is 10.9. The highest BCUT2D eigenvalue weighted by molar-refractivity contribution is 7.92. The van der Waals surface area contributed by atoms with Gasteiger partial charge in [-0.15, -0.1) is 0 Å². The number of rotatable bonds is 7. The van der Waals surface area contributed by atoms with Crippen LogP contribution < -0.4 is 9.73 Å². The molecule has 1 amide bonds. The molecule has 0 heterocycles. The quantitative estimate of drug-likeness (QED) is 0.652. The summed E-state index contributed by atoms with van der Waals surface area (Å²) in [5.74, 6) is -0.437. The maximum absolute atomic E-state index is 12.5. The van der Waals surface area contributed by atoms with E-state index in [0.717, 1.165) is 53.9 Å². The fourth-order valence-electron chi connectivity index (χ4n) is 3.74. The predicted molar refractivity (Wildman–Crippen MR) is 126 cm³/mol. The number of sulfonamides is 1. The summed E-state index contributed by atoms with van der Waals surface area (Å²) in [7, 11) is -3.61. The summed E-state index contributed by atoms with van der Waals surface area (Å²) in [5.41, 5.74) is 6.27. The number of hydrogen-bond acceptors (Lipinski definition) is 4. The Bertz CT molecular complexity index is 976. The third-order valence-corrected chi connectivity index (χ3v) is 6.57. The number of carbonyl (C=O) groups is 1. The van der Waals surface area contributed by atoms with Gasteiger partial charge in [-0.1, -0.05) is 61.7 Å². The molecular weight excluding hydrogens is 410 g/mol. The van der Waals surface area contributed by atoms with Gasteiger partial charge in [-0.25, -0.2) is 13.8 Å². The molecule has 0 saturated heterocycles. The minimum Gasteiger partial charge on any atom is -0.271 e. The molecule has 31 heavy (non-hydrogen) atoms. The van der Waals surface area contributed by atoms with Gasteiger partial charge < -0.3 is 0 Å². The van der Waals surface area contributed by atoms with Crippen LogP contribution in [0.15, 0.2) is 59.7 Å². The first kappa shape index (κ1) is 23.0. The molecule has 0 radical (unpaired) electrons. The number of nitrogens with zero attached hydrogens (tertiary/aromatic N) is 2. The number of amides is 1. The zero-order valence-electron chi connectivity index (χ0n) is 18.1. The Morgan fingerprint density at radius 3 is 2.10 bits per heavy atom. The van der Waals surface area contributed by atoms with E-state index in [1.54, 1.807) is 12.1 Å². The number of benzene rings is 2. The minimum atomic E-state index is -3.61. The largest absolute Gasteiger partial charge is 0.271 e. The molecule has 1 N–H and O–H groups in total. The molecule has 0 bridgehead atoms. The first-order chi connectivity index (χ1) is 14.9. The van der Waals surface area contributed by atoms with Gasteiger partial charge in [-0.2, -0.15) is 5.10 Å². The predicted octanol–water partition coefficient (Wildman–Crippen LogP) is 4.26. The monoisotopic (exact) mass is 441 g/mol. The van der Waals surface area contributed by atoms with E-state index < -0.39 is 15.9 Å². The summed E-state index contributed by atoms with van der Waals surface area (Å²) < 4.78 is 25.8. The SMILES string of the molecule is CS(=O)(=O)N(CC(=O)NN=C1CCCCCCC1)c1ccc(Cc2ccccc2)cc1. The molecule has 0 spiro atoms. The number of anilines is 1. The van der Waals surface area contributed by atoms with Gasteiger partial charge in [-0.3, -0.25) is 9.10 Å². The first-order valence-corrected chi connectivity index (χ1v) is 12.7. The standard InChI is InChI=1S/C24H31N3O3S/c1-31(29,30)27(19-24(28)26-25-22-12-8-3-2-4-9-13-22)23-16-14-21(15-17-23)18-20-10-6-5-7-11-20/h5-7,10-11,14-17H,2-4,8-9,12-13,18-19H2,1H3,(H,26,28). The van der Waals surface area contributed by atoms with Gasteiger partial charge in [0.2, 0.25) is 10.0 Å². The summed E-state index contributed by atoms with van der Waals surface area (Å²) >= 11 is 0. The second-order valence-electron chi connectivity index (χ2n) is 8.08. The van der Waals surface area contributed by atoms with Crippen LogP contribution in [0.4, 0.5) is 5.69 Å². The van der Waals surface area contributed by atoms with Gasteiger partial charge >= 0.3 is 0 Å². The van der Waals surface area contributed by atoms with Crippen molar-refractivity contribution in [2.24, 2.45) is 5.10 Å². The van der Waals surface area contributed by atoms with Crippen LogP contribution in [0.5, 0.6) is 0 Å². The molecule has 1 aliphatic rings. The smallest absolute Gasteiger partial charge is 0.260 e. The number of hydrazone groups is 1. The van der Waals surface area contributed by atoms with E-state index in [0.29, 0.717) is 5.69 Å². The Balaban J connectivity index is 1.65. The van der Waals surface area contributed by atoms with Gasteiger partial charge in [0.15, 0.2) is 0 Å². The van der Waals surface area contributed by atoms with Gasteiger partial charge in [0, 0.05) is 5.71 Å². The normalized spacial score (nSPS) is 14.9. The molecule has 6 nitrogen and oxygen atoms in total. The average Bonchev–Trinajstić information content (AvgIpc) is 2.72. The van der Waals surface area contributed by atoms with E-state index in [9.17, 15) is 13.2 Å². The third kappa shape index (κ3) is 7.51. The highest BCUT2D eigenvalue weighted by Gasteiger charge is 2.21. The van der Waals surface area contributed by atoms with Crippen molar-refractivity contribution in [3.8, 4) is 0 Å². The molecule has 7 heteroatoms. The maximum atomic E-state index is 12.5. The van der Waals surface area contributed by atoms with Crippen molar-refractivity contribution < 1.29 is 13.2 Å². The van der Waals surface area contributed by atoms with E-state index >= 15 is 0 Å². The maximum Gasteiger partial charge on any atom is 0.260 e. The molecular formula is C24H31N3O3S. The van der Waals surface area contributed by atoms with Gasteiger partial charge in [0.1, 0.15) is 6.54 Å². The van der Waals surface area contributed by atoms with Gasteiger partial charge in [0.05, 0.1) is 11.9 Å². The second kappa shape index (κ2) is 11.1. The van der Waals surface area contributed by atoms with E-state index in [4.69, 9.17) is 0 Å². The van der Waals surface area contributed by atoms with Crippen molar-refractivity contribution in [3.63, 3.8) is 0 Å². The van der Waals surface area contributed by atoms with E-state index in [-0.39, 0.29) is 6.54 Å². The lowest BCUT2D eigenvalue weighted by atomic mass is 9.99. The fourth-order valence-corrected chi connectivity index (χ4v) is 4.60. The van der Waals surface area contributed by atoms with E-state index in [1.807, 2.05) is 30.3 Å². The molecule has 2 aromatic carbocycles. The number of hydrogen-bond donors (Lipinski definition) is 1. The van der Waals surface area contributed by atoms with Crippen LogP contribution in [-0.2, 0) is 21.2 Å². The molecule has 0 atom stereocenters. The van der Waals surface area contributed by atoms with Crippen molar-refractivity contribution in [3.05, 3.63) is 65.7 Å². The fraction of sp³-hybridized carbons (Fsp3) is 0.417. The Morgan fingerprint density at radius 1 is 0.903 bits per heavy atom. The molecule has 1 saturated carbocycles. The van der Waals surface area contributed by atoms with Crippen molar-refractivity contribution in [1.82, 2.24) is 5.43 Å². The molecule has 1 fully saturated rings. The lowest BCUT2D eigenvalue weighted by Gasteiger charge is -2.21. The van der Waals surface area contributed by atoms with Crippen LogP contribution >= 0.6 is 0 Å². The zero-order valence-corrected chi connectivity index (χ0v) is 18.9. The zero-order chi connectivity index (χ0) is 22.1. The van der Waals surface area contributed by atoms with Gasteiger partial charge in [0.25, 0.3) is 5.91 Å². The summed E-state index contributed by atoms with van der Waals surface area (Å²) in [4.78, 5) is 12.5. The lowest BCUT2D eigenvalue weighted by molar-refractivity contribution is -0.119. The van der Waals surface area contributed by atoms with Crippen LogP contribution in [0.1, 0.15) is 56.1 Å². The molecule has 166 valence electrons. The number of carbonyl (C=O) groups excluding carboxylic acids is 1. The summed E-state index contributed by atoms with van der Waals surface area (Å²) in [6.07, 6.45) is 9.45. The van der Waals surface area contributed by atoms with Gasteiger partial charge in [-0.05, 0) is 55.4 Å². The topological polar surface area (TPSA) is 78.8 Å². The molecule has 0 aliphatic heterocycles. The number of nitrogens with one attached hydrogen (secondary N) is 1. The molecule has 1 aliphatic carbocycles. The molecule has 3 rings (SSSR count). The van der Waals surface area contributed by atoms with Crippen molar-refractivity contribution >= 4 is 27.3 Å². The highest BCUT2D eigenvalue weighted by atomic mass is 32.2. The Hall–Kier alpha value is -2.67. The highest BCUT2D eigenvalue weighted by Crippen LogP contribution is 2.20. The molecule has 0 unspecified atom stereocenters. The summed E-state index contributed by atoms with van der Waals surface area (Å²) in [6, 6.07) is 17.4. The third-order valence-electron chi connectivity index (χ3n) is 5.43. The summed E-state index contributed by atoms with van der Waals surface area (Å²) in [6.45, 7) is -0.298. The van der Waals surface area contributed by atoms with Crippen molar-refractivity contribution in [2.75, 3.05) is 17.1 Å². The lowest BCUT2D eigenvalue weighted by Crippen LogP contribution is -2.39. The van der Waals surface area contributed by atoms with E-state index in [1.165, 1.54) is 24.8 Å². The second-order valence-corrected chi connectivity index (χ2v) is 9.99. The van der Waals surface area contributed by atoms with Crippen molar-refractivity contribution in [1.29, 1.82) is 0 Å². The summed E-state index contributed by atoms with van der Waals surface area (Å²) in [5, 5.41) is 4.27. The Morgan fingerprint density at radius 2 is 1.48 bits per heavy atom. The van der Waals surface area contributed by atoms with Crippen LogP contribution in [0.3, 0.4) is 0 Å². The van der Waals surface area contributed by atoms with E-state index in [2.05, 4.69) is 22.7 Å². The Labute approximate surface area is 185 Å².